The summed E-state index contributed by atoms with van der Waals surface area (Å²) >= 11 is 0. The lowest BCUT2D eigenvalue weighted by Crippen LogP contribution is -2.46. The molecule has 0 spiro atoms. The van der Waals surface area contributed by atoms with Crippen molar-refractivity contribution in [1.82, 2.24) is 9.71 Å². The summed E-state index contributed by atoms with van der Waals surface area (Å²) in [5.41, 5.74) is 2.69. The molecule has 2 N–H and O–H groups in total. The maximum atomic E-state index is 13.6. The highest BCUT2D eigenvalue weighted by atomic mass is 32.2. The van der Waals surface area contributed by atoms with Gasteiger partial charge in [-0.05, 0) is 84.1 Å². The van der Waals surface area contributed by atoms with Crippen LogP contribution in [0.4, 0.5) is 0 Å². The number of benzene rings is 2. The molecule has 0 bridgehead atoms. The Labute approximate surface area is 246 Å². The Hall–Kier alpha value is -3.47. The first kappa shape index (κ1) is 30.0. The topological polar surface area (TPSA) is 128 Å². The molecule has 1 amide bonds. The number of ether oxygens (including phenoxy) is 2. The number of pyridine rings is 1. The van der Waals surface area contributed by atoms with Crippen LogP contribution >= 0.6 is 0 Å². The van der Waals surface area contributed by atoms with E-state index in [1.54, 1.807) is 12.1 Å². The van der Waals surface area contributed by atoms with Crippen LogP contribution in [0.3, 0.4) is 0 Å². The molecule has 1 saturated heterocycles. The molecule has 3 heterocycles. The lowest BCUT2D eigenvalue weighted by molar-refractivity contribution is -0.175. The fourth-order valence-electron chi connectivity index (χ4n) is 6.26. The smallest absolute Gasteiger partial charge is 0.265 e. The van der Waals surface area contributed by atoms with E-state index in [0.29, 0.717) is 40.3 Å². The van der Waals surface area contributed by atoms with E-state index in [4.69, 9.17) is 18.9 Å². The summed E-state index contributed by atoms with van der Waals surface area (Å²) in [6, 6.07) is 12.8. The van der Waals surface area contributed by atoms with Gasteiger partial charge in [-0.2, -0.15) is 0 Å². The van der Waals surface area contributed by atoms with E-state index in [1.807, 2.05) is 44.2 Å². The standard InChI is InChI=1S/C32H38N2O7S/c1-19-11-12-26(39-18-21-16-31(3,4)41-32(5,6)17-21)27-23(30(36)34-42(37,38)14-13-35)15-24(33-28(19)27)29-20(2)22-9-7-8-10-25(22)40-29/h7-12,15,21,35H,13-14,16-18H2,1-6H3,(H,34,36). The van der Waals surface area contributed by atoms with E-state index < -0.39 is 28.3 Å². The second kappa shape index (κ2) is 11.0. The largest absolute Gasteiger partial charge is 0.493 e. The summed E-state index contributed by atoms with van der Waals surface area (Å²) in [6.45, 7) is 11.9. The summed E-state index contributed by atoms with van der Waals surface area (Å²) < 4.78 is 45.9. The number of aliphatic hydroxyl groups excluding tert-OH is 1. The number of hydrogen-bond acceptors (Lipinski definition) is 8. The van der Waals surface area contributed by atoms with Gasteiger partial charge in [0.1, 0.15) is 17.0 Å². The number of furan rings is 1. The molecule has 10 heteroatoms. The van der Waals surface area contributed by atoms with Crippen LogP contribution in [0, 0.1) is 19.8 Å². The number of sulfonamides is 1. The number of aryl methyl sites for hydroxylation is 2. The summed E-state index contributed by atoms with van der Waals surface area (Å²) in [4.78, 5) is 18.5. The molecule has 42 heavy (non-hydrogen) atoms. The average molecular weight is 595 g/mol. The van der Waals surface area contributed by atoms with Gasteiger partial charge in [0.25, 0.3) is 5.91 Å². The van der Waals surface area contributed by atoms with E-state index in [2.05, 4.69) is 32.4 Å². The third-order valence-electron chi connectivity index (χ3n) is 7.64. The second-order valence-corrected chi connectivity index (χ2v) is 14.2. The van der Waals surface area contributed by atoms with Crippen LogP contribution in [-0.4, -0.2) is 54.6 Å². The summed E-state index contributed by atoms with van der Waals surface area (Å²) in [7, 11) is -4.08. The number of hydrogen-bond donors (Lipinski definition) is 2. The molecule has 0 saturated carbocycles. The molecule has 0 unspecified atom stereocenters. The minimum absolute atomic E-state index is 0.0858. The lowest BCUT2D eigenvalue weighted by atomic mass is 9.81. The molecule has 0 atom stereocenters. The predicted octanol–water partition coefficient (Wildman–Crippen LogP) is 5.68. The molecule has 1 aliphatic heterocycles. The third-order valence-corrected chi connectivity index (χ3v) is 8.86. The zero-order valence-corrected chi connectivity index (χ0v) is 25.7. The van der Waals surface area contributed by atoms with Gasteiger partial charge in [0.2, 0.25) is 10.0 Å². The zero-order valence-electron chi connectivity index (χ0n) is 24.9. The molecular weight excluding hydrogens is 556 g/mol. The molecule has 2 aromatic carbocycles. The number of rotatable bonds is 8. The van der Waals surface area contributed by atoms with E-state index in [9.17, 15) is 18.3 Å². The Bertz CT molecular complexity index is 1760. The number of fused-ring (bicyclic) bond motifs is 2. The van der Waals surface area contributed by atoms with Crippen LogP contribution in [0.1, 0.15) is 62.0 Å². The minimum Gasteiger partial charge on any atom is -0.493 e. The molecule has 5 rings (SSSR count). The molecule has 0 aliphatic carbocycles. The van der Waals surface area contributed by atoms with Gasteiger partial charge in [-0.3, -0.25) is 4.79 Å². The highest BCUT2D eigenvalue weighted by Crippen LogP contribution is 2.40. The van der Waals surface area contributed by atoms with Crippen molar-refractivity contribution in [2.75, 3.05) is 19.0 Å². The molecule has 4 aromatic rings. The molecule has 9 nitrogen and oxygen atoms in total. The number of nitrogens with zero attached hydrogens (tertiary/aromatic N) is 1. The van der Waals surface area contributed by atoms with Crippen LogP contribution in [0.25, 0.3) is 33.3 Å². The number of carbonyl (C=O) groups is 1. The minimum atomic E-state index is -4.08. The van der Waals surface area contributed by atoms with Crippen LogP contribution < -0.4 is 9.46 Å². The monoisotopic (exact) mass is 594 g/mol. The van der Waals surface area contributed by atoms with Gasteiger partial charge in [0, 0.05) is 10.9 Å². The van der Waals surface area contributed by atoms with Crippen molar-refractivity contribution in [1.29, 1.82) is 0 Å². The molecule has 224 valence electrons. The van der Waals surface area contributed by atoms with E-state index in [1.165, 1.54) is 0 Å². The van der Waals surface area contributed by atoms with Gasteiger partial charge < -0.3 is 19.0 Å². The van der Waals surface area contributed by atoms with E-state index in [0.717, 1.165) is 29.4 Å². The van der Waals surface area contributed by atoms with E-state index in [-0.39, 0.29) is 22.7 Å². The van der Waals surface area contributed by atoms with Crippen LogP contribution in [0.15, 0.2) is 46.9 Å². The van der Waals surface area contributed by atoms with Gasteiger partial charge in [-0.15, -0.1) is 0 Å². The Balaban J connectivity index is 1.63. The van der Waals surface area contributed by atoms with Gasteiger partial charge in [-0.1, -0.05) is 24.3 Å². The fraction of sp³-hybridized carbons (Fsp3) is 0.438. The van der Waals surface area contributed by atoms with E-state index >= 15 is 0 Å². The fourth-order valence-corrected chi connectivity index (χ4v) is 7.00. The maximum Gasteiger partial charge on any atom is 0.265 e. The van der Waals surface area contributed by atoms with Crippen molar-refractivity contribution in [2.45, 2.75) is 65.6 Å². The highest BCUT2D eigenvalue weighted by Gasteiger charge is 2.39. The summed E-state index contributed by atoms with van der Waals surface area (Å²) in [5, 5.41) is 10.5. The Morgan fingerprint density at radius 1 is 1.10 bits per heavy atom. The molecule has 0 radical (unpaired) electrons. The van der Waals surface area contributed by atoms with Crippen molar-refractivity contribution in [3.63, 3.8) is 0 Å². The van der Waals surface area contributed by atoms with Gasteiger partial charge in [0.05, 0.1) is 46.6 Å². The Kier molecular flexibility index (Phi) is 7.85. The molecule has 1 fully saturated rings. The van der Waals surface area contributed by atoms with Gasteiger partial charge in [0.15, 0.2) is 5.76 Å². The van der Waals surface area contributed by atoms with Crippen LogP contribution in [0.2, 0.25) is 0 Å². The number of para-hydroxylation sites is 1. The first-order chi connectivity index (χ1) is 19.7. The summed E-state index contributed by atoms with van der Waals surface area (Å²) in [5.74, 6) is -0.317. The quantitative estimate of drug-likeness (QED) is 0.267. The molecule has 1 aliphatic rings. The van der Waals surface area contributed by atoms with Crippen molar-refractivity contribution in [3.8, 4) is 17.2 Å². The normalized spacial score (nSPS) is 17.0. The van der Waals surface area contributed by atoms with Gasteiger partial charge >= 0.3 is 0 Å². The zero-order chi connectivity index (χ0) is 30.4. The van der Waals surface area contributed by atoms with Gasteiger partial charge in [-0.25, -0.2) is 18.1 Å². The highest BCUT2D eigenvalue weighted by molar-refractivity contribution is 7.90. The Morgan fingerprint density at radius 3 is 2.45 bits per heavy atom. The molecule has 2 aromatic heterocycles. The van der Waals surface area contributed by atoms with Crippen molar-refractivity contribution < 1.29 is 32.2 Å². The number of carbonyl (C=O) groups excluding carboxylic acids is 1. The molecular formula is C32H38N2O7S. The average Bonchev–Trinajstić information content (AvgIpc) is 3.22. The van der Waals surface area contributed by atoms with Crippen molar-refractivity contribution >= 4 is 37.8 Å². The number of nitrogens with one attached hydrogen (secondary N) is 1. The second-order valence-electron chi connectivity index (χ2n) is 12.4. The SMILES string of the molecule is Cc1c(-c2cc(C(=O)NS(=O)(=O)CCO)c3c(OCC4CC(C)(C)OC(C)(C)C4)ccc(C)c3n2)oc2ccccc12. The Morgan fingerprint density at radius 2 is 1.79 bits per heavy atom. The van der Waals surface area contributed by atoms with Crippen LogP contribution in [0.5, 0.6) is 5.75 Å². The van der Waals surface area contributed by atoms with Crippen LogP contribution in [-0.2, 0) is 14.8 Å². The van der Waals surface area contributed by atoms with Crippen molar-refractivity contribution in [3.05, 3.63) is 59.2 Å². The first-order valence-corrected chi connectivity index (χ1v) is 15.8. The number of aromatic nitrogens is 1. The number of aliphatic hydroxyl groups is 1. The lowest BCUT2D eigenvalue weighted by Gasteiger charge is -2.45. The third kappa shape index (κ3) is 6.16. The predicted molar refractivity (Wildman–Crippen MR) is 162 cm³/mol. The summed E-state index contributed by atoms with van der Waals surface area (Å²) in [6.07, 6.45) is 1.61. The number of amides is 1. The van der Waals surface area contributed by atoms with Crippen molar-refractivity contribution in [2.24, 2.45) is 5.92 Å². The maximum absolute atomic E-state index is 13.6. The first-order valence-electron chi connectivity index (χ1n) is 14.1.